The number of benzene rings is 2. The van der Waals surface area contributed by atoms with Crippen LogP contribution < -0.4 is 14.8 Å². The Balaban J connectivity index is 1.42. The van der Waals surface area contributed by atoms with Crippen molar-refractivity contribution in [2.75, 3.05) is 33.3 Å². The summed E-state index contributed by atoms with van der Waals surface area (Å²) in [7, 11) is 1.58. The van der Waals surface area contributed by atoms with Crippen LogP contribution in [0.2, 0.25) is 0 Å². The van der Waals surface area contributed by atoms with Crippen LogP contribution in [0.4, 0.5) is 0 Å². The van der Waals surface area contributed by atoms with Crippen molar-refractivity contribution in [2.24, 2.45) is 5.92 Å². The topological polar surface area (TPSA) is 110 Å². The molecule has 2 aromatic carbocycles. The molecule has 0 unspecified atom stereocenters. The Kier molecular flexibility index (Phi) is 9.02. The van der Waals surface area contributed by atoms with Crippen LogP contribution in [0.3, 0.4) is 0 Å². The number of rotatable bonds is 4. The number of likely N-dealkylation sites (N-methyl/N-ethyl adjacent to an activating group) is 1. The number of ether oxygens (including phenoxy) is 3. The average molecular weight is 573 g/mol. The van der Waals surface area contributed by atoms with Gasteiger partial charge in [0.2, 0.25) is 5.91 Å². The number of amides is 3. The molecule has 0 radical (unpaired) electrons. The van der Waals surface area contributed by atoms with Gasteiger partial charge in [0.1, 0.15) is 17.2 Å². The predicted molar refractivity (Wildman–Crippen MR) is 156 cm³/mol. The number of pyridine rings is 1. The molecule has 220 valence electrons. The van der Waals surface area contributed by atoms with Crippen molar-refractivity contribution in [3.8, 4) is 17.2 Å². The summed E-state index contributed by atoms with van der Waals surface area (Å²) in [6, 6.07) is 15.7. The van der Waals surface area contributed by atoms with Gasteiger partial charge in [-0.15, -0.1) is 0 Å². The molecule has 42 heavy (non-hydrogen) atoms. The molecule has 3 heterocycles. The Morgan fingerprint density at radius 2 is 1.98 bits per heavy atom. The second-order valence-electron chi connectivity index (χ2n) is 11.1. The second kappa shape index (κ2) is 13.0. The van der Waals surface area contributed by atoms with Crippen LogP contribution in [-0.4, -0.2) is 77.9 Å². The summed E-state index contributed by atoms with van der Waals surface area (Å²) >= 11 is 0. The number of nitrogens with zero attached hydrogens (tertiary/aromatic N) is 3. The number of fused-ring (bicyclic) bond motifs is 5. The van der Waals surface area contributed by atoms with E-state index in [2.05, 4.69) is 10.3 Å². The molecular weight excluding hydrogens is 536 g/mol. The molecule has 0 aliphatic carbocycles. The molecule has 1 N–H and O–H groups in total. The van der Waals surface area contributed by atoms with Crippen molar-refractivity contribution in [1.82, 2.24) is 20.1 Å². The molecule has 5 rings (SSSR count). The van der Waals surface area contributed by atoms with E-state index in [1.807, 2.05) is 38.1 Å². The Morgan fingerprint density at radius 3 is 2.76 bits per heavy atom. The average Bonchev–Trinajstić information content (AvgIpc) is 2.98. The summed E-state index contributed by atoms with van der Waals surface area (Å²) in [5.74, 6) is 1.05. The fourth-order valence-corrected chi connectivity index (χ4v) is 5.01. The molecule has 2 aliphatic heterocycles. The second-order valence-corrected chi connectivity index (χ2v) is 11.1. The lowest BCUT2D eigenvalue weighted by Gasteiger charge is -2.39. The largest absolute Gasteiger partial charge is 0.493 e. The summed E-state index contributed by atoms with van der Waals surface area (Å²) in [5, 5.41) is 3.05. The van der Waals surface area contributed by atoms with E-state index in [9.17, 15) is 14.4 Å². The lowest BCUT2D eigenvalue weighted by atomic mass is 10.0. The molecule has 10 heteroatoms. The first kappa shape index (κ1) is 29.1. The lowest BCUT2D eigenvalue weighted by molar-refractivity contribution is -0.124. The summed E-state index contributed by atoms with van der Waals surface area (Å²) in [6.07, 6.45) is 3.21. The van der Waals surface area contributed by atoms with E-state index < -0.39 is 6.10 Å². The van der Waals surface area contributed by atoms with Gasteiger partial charge in [-0.25, -0.2) is 0 Å². The van der Waals surface area contributed by atoms with Crippen LogP contribution in [0.25, 0.3) is 0 Å². The molecule has 1 fully saturated rings. The predicted octanol–water partition coefficient (Wildman–Crippen LogP) is 3.91. The van der Waals surface area contributed by atoms with E-state index in [0.29, 0.717) is 60.4 Å². The first-order valence-corrected chi connectivity index (χ1v) is 14.2. The number of nitrogens with one attached hydrogen (secondary N) is 1. The maximum Gasteiger partial charge on any atom is 0.255 e. The van der Waals surface area contributed by atoms with Crippen molar-refractivity contribution in [3.63, 3.8) is 0 Å². The van der Waals surface area contributed by atoms with Gasteiger partial charge in [0.25, 0.3) is 11.8 Å². The SMILES string of the molecule is CC(C)COc1cc2cc(c1)C(=O)N(C)CC(=O)N[C@H]1CCN(C(=O)c3cccnc3)C[C@@H]1OCc1cccc(c1)O2. The minimum atomic E-state index is -0.463. The number of aromatic nitrogens is 1. The van der Waals surface area contributed by atoms with Crippen LogP contribution >= 0.6 is 0 Å². The maximum atomic E-state index is 13.4. The molecule has 10 nitrogen and oxygen atoms in total. The molecule has 3 amide bonds. The monoisotopic (exact) mass is 572 g/mol. The zero-order valence-corrected chi connectivity index (χ0v) is 24.1. The first-order chi connectivity index (χ1) is 20.2. The molecule has 1 aromatic heterocycles. The van der Waals surface area contributed by atoms with E-state index >= 15 is 0 Å². The highest BCUT2D eigenvalue weighted by Crippen LogP contribution is 2.30. The Morgan fingerprint density at radius 1 is 1.12 bits per heavy atom. The van der Waals surface area contributed by atoms with Gasteiger partial charge in [0, 0.05) is 44.2 Å². The molecule has 0 saturated carbocycles. The third kappa shape index (κ3) is 7.25. The van der Waals surface area contributed by atoms with Crippen molar-refractivity contribution >= 4 is 17.7 Å². The van der Waals surface area contributed by atoms with E-state index in [1.165, 1.54) is 4.90 Å². The number of carbonyl (C=O) groups excluding carboxylic acids is 3. The van der Waals surface area contributed by atoms with E-state index in [1.54, 1.807) is 54.7 Å². The third-order valence-electron chi connectivity index (χ3n) is 7.14. The highest BCUT2D eigenvalue weighted by Gasteiger charge is 2.34. The molecular formula is C32H36N4O6. The van der Waals surface area contributed by atoms with Crippen molar-refractivity contribution < 1.29 is 28.6 Å². The molecule has 2 atom stereocenters. The van der Waals surface area contributed by atoms with Crippen LogP contribution in [0, 0.1) is 5.92 Å². The van der Waals surface area contributed by atoms with Gasteiger partial charge in [-0.3, -0.25) is 19.4 Å². The Bertz CT molecular complexity index is 1430. The van der Waals surface area contributed by atoms with Gasteiger partial charge in [-0.2, -0.15) is 0 Å². The summed E-state index contributed by atoms with van der Waals surface area (Å²) in [6.45, 7) is 5.43. The zero-order chi connectivity index (χ0) is 29.6. The molecule has 3 aromatic rings. The minimum Gasteiger partial charge on any atom is -0.493 e. The number of hydrogen-bond donors (Lipinski definition) is 1. The smallest absolute Gasteiger partial charge is 0.255 e. The summed E-state index contributed by atoms with van der Waals surface area (Å²) < 4.78 is 18.4. The molecule has 2 aliphatic rings. The molecule has 4 bridgehead atoms. The summed E-state index contributed by atoms with van der Waals surface area (Å²) in [5.41, 5.74) is 1.72. The van der Waals surface area contributed by atoms with E-state index in [0.717, 1.165) is 5.56 Å². The first-order valence-electron chi connectivity index (χ1n) is 14.2. The zero-order valence-electron chi connectivity index (χ0n) is 24.1. The number of carbonyl (C=O) groups is 3. The summed E-state index contributed by atoms with van der Waals surface area (Å²) in [4.78, 5) is 46.8. The molecule has 1 saturated heterocycles. The van der Waals surface area contributed by atoms with Crippen LogP contribution in [0.15, 0.2) is 67.0 Å². The fourth-order valence-electron chi connectivity index (χ4n) is 5.01. The van der Waals surface area contributed by atoms with Crippen LogP contribution in [0.5, 0.6) is 17.2 Å². The van der Waals surface area contributed by atoms with Gasteiger partial charge in [0.15, 0.2) is 0 Å². The van der Waals surface area contributed by atoms with Crippen molar-refractivity contribution in [3.05, 3.63) is 83.7 Å². The minimum absolute atomic E-state index is 0.137. The normalized spacial score (nSPS) is 19.5. The number of piperidine rings is 1. The highest BCUT2D eigenvalue weighted by molar-refractivity contribution is 5.97. The van der Waals surface area contributed by atoms with Crippen LogP contribution in [-0.2, 0) is 16.1 Å². The van der Waals surface area contributed by atoms with Gasteiger partial charge >= 0.3 is 0 Å². The maximum absolute atomic E-state index is 13.4. The lowest BCUT2D eigenvalue weighted by Crippen LogP contribution is -2.57. The quantitative estimate of drug-likeness (QED) is 0.505. The van der Waals surface area contributed by atoms with Crippen molar-refractivity contribution in [2.45, 2.75) is 39.0 Å². The van der Waals surface area contributed by atoms with Gasteiger partial charge in [-0.05, 0) is 54.3 Å². The van der Waals surface area contributed by atoms with Crippen LogP contribution in [0.1, 0.15) is 46.5 Å². The van der Waals surface area contributed by atoms with E-state index in [-0.39, 0.29) is 36.9 Å². The third-order valence-corrected chi connectivity index (χ3v) is 7.14. The Labute approximate surface area is 245 Å². The van der Waals surface area contributed by atoms with E-state index in [4.69, 9.17) is 14.2 Å². The van der Waals surface area contributed by atoms with Gasteiger partial charge in [0.05, 0.1) is 37.5 Å². The van der Waals surface area contributed by atoms with Gasteiger partial charge in [-0.1, -0.05) is 26.0 Å². The highest BCUT2D eigenvalue weighted by atomic mass is 16.5. The van der Waals surface area contributed by atoms with Crippen molar-refractivity contribution in [1.29, 1.82) is 0 Å². The number of likely N-dealkylation sites (tertiary alicyclic amines) is 1. The molecule has 0 spiro atoms. The standard InChI is InChI=1S/C32H36N4O6/c1-21(2)19-40-26-13-24-14-27(15-26)42-25-8-4-6-22(12-25)20-41-29-17-36(32(39)23-7-5-10-33-16-23)11-9-28(29)34-30(37)18-35(3)31(24)38/h4-8,10,12-16,21,28-29H,9,11,17-20H2,1-3H3,(H,34,37)/t28-,29-/m0/s1. The van der Waals surface area contributed by atoms with Gasteiger partial charge < -0.3 is 29.3 Å². The Hall–Kier alpha value is -4.44. The number of hydrogen-bond acceptors (Lipinski definition) is 7. The fraction of sp³-hybridized carbons (Fsp3) is 0.375.